The summed E-state index contributed by atoms with van der Waals surface area (Å²) in [5, 5.41) is 0. The van der Waals surface area contributed by atoms with Crippen molar-refractivity contribution in [3.05, 3.63) is 35.1 Å². The molecule has 2 unspecified atom stereocenters. The van der Waals surface area contributed by atoms with Crippen molar-refractivity contribution in [1.82, 2.24) is 5.43 Å². The smallest absolute Gasteiger partial charge is 0.385 e. The van der Waals surface area contributed by atoms with Gasteiger partial charge in [-0.15, -0.1) is 0 Å². The Morgan fingerprint density at radius 2 is 2.00 bits per heavy atom. The van der Waals surface area contributed by atoms with Crippen molar-refractivity contribution < 1.29 is 22.3 Å². The predicted octanol–water partition coefficient (Wildman–Crippen LogP) is 3.02. The van der Waals surface area contributed by atoms with Crippen LogP contribution in [0.4, 0.5) is 17.6 Å². The van der Waals surface area contributed by atoms with Crippen LogP contribution in [0.2, 0.25) is 0 Å². The van der Waals surface area contributed by atoms with Gasteiger partial charge in [0.1, 0.15) is 5.82 Å². The highest BCUT2D eigenvalue weighted by Crippen LogP contribution is 2.33. The Kier molecular flexibility index (Phi) is 5.91. The molecule has 0 heterocycles. The first kappa shape index (κ1) is 16.9. The maximum absolute atomic E-state index is 13.8. The number of benzene rings is 1. The zero-order chi connectivity index (χ0) is 15.3. The maximum atomic E-state index is 13.8. The number of nitrogens with two attached hydrogens (primary N) is 1. The minimum absolute atomic E-state index is 0.0917. The van der Waals surface area contributed by atoms with Gasteiger partial charge in [-0.1, -0.05) is 6.92 Å². The number of ether oxygens (including phenoxy) is 1. The van der Waals surface area contributed by atoms with E-state index in [2.05, 4.69) is 5.43 Å². The van der Waals surface area contributed by atoms with E-state index >= 15 is 0 Å². The molecule has 3 N–H and O–H groups in total. The van der Waals surface area contributed by atoms with Crippen molar-refractivity contribution in [1.29, 1.82) is 0 Å². The highest BCUT2D eigenvalue weighted by Gasteiger charge is 2.32. The fourth-order valence-electron chi connectivity index (χ4n) is 1.99. The molecule has 0 aliphatic rings. The van der Waals surface area contributed by atoms with E-state index in [-0.39, 0.29) is 11.5 Å². The molecule has 0 aliphatic carbocycles. The van der Waals surface area contributed by atoms with Gasteiger partial charge in [-0.3, -0.25) is 11.3 Å². The lowest BCUT2D eigenvalue weighted by Gasteiger charge is -2.24. The van der Waals surface area contributed by atoms with Crippen molar-refractivity contribution in [2.24, 2.45) is 11.8 Å². The SMILES string of the molecule is COCCC(C)C(NN)c1cc(C(F)(F)F)ccc1F. The lowest BCUT2D eigenvalue weighted by molar-refractivity contribution is -0.137. The first-order valence-electron chi connectivity index (χ1n) is 6.13. The monoisotopic (exact) mass is 294 g/mol. The van der Waals surface area contributed by atoms with Crippen LogP contribution in [0.3, 0.4) is 0 Å². The molecule has 1 aromatic carbocycles. The zero-order valence-electron chi connectivity index (χ0n) is 11.3. The van der Waals surface area contributed by atoms with E-state index in [1.54, 1.807) is 6.92 Å². The van der Waals surface area contributed by atoms with Crippen LogP contribution in [-0.4, -0.2) is 13.7 Å². The van der Waals surface area contributed by atoms with Gasteiger partial charge in [0.15, 0.2) is 0 Å². The molecule has 0 aromatic heterocycles. The topological polar surface area (TPSA) is 47.3 Å². The van der Waals surface area contributed by atoms with Crippen LogP contribution in [-0.2, 0) is 10.9 Å². The van der Waals surface area contributed by atoms with Gasteiger partial charge in [0.05, 0.1) is 11.6 Å². The number of rotatable bonds is 6. The van der Waals surface area contributed by atoms with Crippen LogP contribution >= 0.6 is 0 Å². The summed E-state index contributed by atoms with van der Waals surface area (Å²) in [5.74, 6) is 4.47. The highest BCUT2D eigenvalue weighted by molar-refractivity contribution is 5.29. The van der Waals surface area contributed by atoms with E-state index < -0.39 is 23.6 Å². The molecular weight excluding hydrogens is 276 g/mol. The number of hydrogen-bond donors (Lipinski definition) is 2. The van der Waals surface area contributed by atoms with E-state index in [0.717, 1.165) is 12.1 Å². The Morgan fingerprint density at radius 3 is 2.50 bits per heavy atom. The first-order chi connectivity index (χ1) is 9.31. The second kappa shape index (κ2) is 7.01. The summed E-state index contributed by atoms with van der Waals surface area (Å²) < 4.78 is 56.7. The third kappa shape index (κ3) is 4.16. The van der Waals surface area contributed by atoms with E-state index in [1.807, 2.05) is 0 Å². The summed E-state index contributed by atoms with van der Waals surface area (Å²) in [5.41, 5.74) is 1.40. The van der Waals surface area contributed by atoms with E-state index in [9.17, 15) is 17.6 Å². The molecule has 0 amide bonds. The number of halogens is 4. The molecule has 3 nitrogen and oxygen atoms in total. The Balaban J connectivity index is 3.08. The normalized spacial score (nSPS) is 15.2. The lowest BCUT2D eigenvalue weighted by Crippen LogP contribution is -2.34. The van der Waals surface area contributed by atoms with Gasteiger partial charge >= 0.3 is 6.18 Å². The van der Waals surface area contributed by atoms with E-state index in [1.165, 1.54) is 7.11 Å². The zero-order valence-corrected chi connectivity index (χ0v) is 11.3. The summed E-state index contributed by atoms with van der Waals surface area (Å²) in [6.45, 7) is 2.18. The number of nitrogens with one attached hydrogen (secondary N) is 1. The first-order valence-corrected chi connectivity index (χ1v) is 6.13. The van der Waals surface area contributed by atoms with Crippen molar-refractivity contribution >= 4 is 0 Å². The molecule has 0 radical (unpaired) electrons. The summed E-state index contributed by atoms with van der Waals surface area (Å²) >= 11 is 0. The van der Waals surface area contributed by atoms with Crippen molar-refractivity contribution in [3.63, 3.8) is 0 Å². The second-order valence-corrected chi connectivity index (χ2v) is 4.64. The standard InChI is InChI=1S/C13H18F4N2O/c1-8(5-6-20-2)12(19-18)10-7-9(13(15,16)17)3-4-11(10)14/h3-4,7-8,12,19H,5-6,18H2,1-2H3. The Morgan fingerprint density at radius 1 is 1.35 bits per heavy atom. The van der Waals surface area contributed by atoms with Gasteiger partial charge in [-0.2, -0.15) is 13.2 Å². The summed E-state index contributed by atoms with van der Waals surface area (Å²) in [6.07, 6.45) is -3.97. The number of alkyl halides is 3. The fraction of sp³-hybridized carbons (Fsp3) is 0.538. The molecule has 1 rings (SSSR count). The largest absolute Gasteiger partial charge is 0.416 e. The lowest BCUT2D eigenvalue weighted by atomic mass is 9.91. The molecule has 0 saturated carbocycles. The van der Waals surface area contributed by atoms with Gasteiger partial charge in [-0.05, 0) is 30.5 Å². The number of hydrogen-bond acceptors (Lipinski definition) is 3. The van der Waals surface area contributed by atoms with Gasteiger partial charge < -0.3 is 4.74 Å². The van der Waals surface area contributed by atoms with Gasteiger partial charge in [0.2, 0.25) is 0 Å². The molecule has 0 aliphatic heterocycles. The minimum Gasteiger partial charge on any atom is -0.385 e. The van der Waals surface area contributed by atoms with Crippen LogP contribution in [0.1, 0.15) is 30.5 Å². The fourth-order valence-corrected chi connectivity index (χ4v) is 1.99. The second-order valence-electron chi connectivity index (χ2n) is 4.64. The van der Waals surface area contributed by atoms with Gasteiger partial charge in [0, 0.05) is 19.3 Å². The molecule has 7 heteroatoms. The Hall–Kier alpha value is -1.18. The molecule has 1 aromatic rings. The van der Waals surface area contributed by atoms with Crippen LogP contribution in [0.5, 0.6) is 0 Å². The molecule has 0 saturated heterocycles. The Labute approximate surface area is 115 Å². The average molecular weight is 294 g/mol. The van der Waals surface area contributed by atoms with Crippen LogP contribution in [0.15, 0.2) is 18.2 Å². The summed E-state index contributed by atoms with van der Waals surface area (Å²) in [7, 11) is 1.52. The van der Waals surface area contributed by atoms with Crippen LogP contribution < -0.4 is 11.3 Å². The molecule has 114 valence electrons. The summed E-state index contributed by atoms with van der Waals surface area (Å²) in [6, 6.07) is 1.61. The minimum atomic E-state index is -4.52. The maximum Gasteiger partial charge on any atom is 0.416 e. The predicted molar refractivity (Wildman–Crippen MR) is 67.1 cm³/mol. The quantitative estimate of drug-likeness (QED) is 0.481. The van der Waals surface area contributed by atoms with E-state index in [0.29, 0.717) is 19.1 Å². The molecule has 0 fully saturated rings. The summed E-state index contributed by atoms with van der Waals surface area (Å²) in [4.78, 5) is 0. The van der Waals surface area contributed by atoms with Crippen LogP contribution in [0.25, 0.3) is 0 Å². The average Bonchev–Trinajstić information content (AvgIpc) is 2.38. The number of methoxy groups -OCH3 is 1. The number of hydrazine groups is 1. The van der Waals surface area contributed by atoms with Crippen LogP contribution in [0, 0.1) is 11.7 Å². The highest BCUT2D eigenvalue weighted by atomic mass is 19.4. The third-order valence-corrected chi connectivity index (χ3v) is 3.18. The van der Waals surface area contributed by atoms with Crippen molar-refractivity contribution in [2.45, 2.75) is 25.6 Å². The molecular formula is C13H18F4N2O. The van der Waals surface area contributed by atoms with E-state index in [4.69, 9.17) is 10.6 Å². The van der Waals surface area contributed by atoms with Gasteiger partial charge in [0.25, 0.3) is 0 Å². The van der Waals surface area contributed by atoms with Gasteiger partial charge in [-0.25, -0.2) is 4.39 Å². The third-order valence-electron chi connectivity index (χ3n) is 3.18. The van der Waals surface area contributed by atoms with Crippen molar-refractivity contribution in [3.8, 4) is 0 Å². The molecule has 0 bridgehead atoms. The van der Waals surface area contributed by atoms with Crippen molar-refractivity contribution in [2.75, 3.05) is 13.7 Å². The molecule has 0 spiro atoms. The Bertz CT molecular complexity index is 437. The molecule has 20 heavy (non-hydrogen) atoms. The molecule has 2 atom stereocenters.